The minimum Gasteiger partial charge on any atom is -0.481 e. The van der Waals surface area contributed by atoms with Gasteiger partial charge in [-0.3, -0.25) is 4.79 Å². The minimum atomic E-state index is -0.822. The van der Waals surface area contributed by atoms with Gasteiger partial charge in [0.1, 0.15) is 5.82 Å². The third kappa shape index (κ3) is 3.77. The lowest BCUT2D eigenvalue weighted by Crippen LogP contribution is -2.39. The van der Waals surface area contributed by atoms with E-state index in [2.05, 4.69) is 47.5 Å². The summed E-state index contributed by atoms with van der Waals surface area (Å²) in [5.41, 5.74) is 0. The number of rotatable bonds is 5. The molecule has 0 aliphatic carbocycles. The van der Waals surface area contributed by atoms with Crippen LogP contribution in [0.5, 0.6) is 0 Å². The summed E-state index contributed by atoms with van der Waals surface area (Å²) in [6, 6.07) is 0.878. The van der Waals surface area contributed by atoms with Gasteiger partial charge in [-0.1, -0.05) is 25.6 Å². The van der Waals surface area contributed by atoms with Crippen molar-refractivity contribution in [2.45, 2.75) is 56.8 Å². The lowest BCUT2D eigenvalue weighted by Gasteiger charge is -2.36. The molecule has 6 nitrogen and oxygen atoms in total. The molecule has 2 rings (SSSR count). The second kappa shape index (κ2) is 6.79. The summed E-state index contributed by atoms with van der Waals surface area (Å²) < 4.78 is 2.18. The lowest BCUT2D eigenvalue weighted by molar-refractivity contribution is -0.133. The molecule has 2 heterocycles. The molecule has 1 aliphatic heterocycles. The maximum atomic E-state index is 10.8. The van der Waals surface area contributed by atoms with Crippen molar-refractivity contribution in [3.8, 4) is 0 Å². The molecule has 0 amide bonds. The Kier molecular flexibility index (Phi) is 5.27. The number of carboxylic acids is 1. The van der Waals surface area contributed by atoms with E-state index in [-0.39, 0.29) is 11.7 Å². The first-order chi connectivity index (χ1) is 9.90. The van der Waals surface area contributed by atoms with E-state index in [1.54, 1.807) is 0 Å². The minimum absolute atomic E-state index is 0.0262. The molecule has 2 unspecified atom stereocenters. The van der Waals surface area contributed by atoms with Crippen LogP contribution in [-0.4, -0.2) is 56.1 Å². The first kappa shape index (κ1) is 16.3. The number of aromatic nitrogens is 3. The van der Waals surface area contributed by atoms with Gasteiger partial charge in [-0.15, -0.1) is 10.2 Å². The number of hydrogen-bond acceptors (Lipinski definition) is 5. The molecule has 1 aromatic rings. The molecule has 2 atom stereocenters. The van der Waals surface area contributed by atoms with Crippen molar-refractivity contribution in [3.05, 3.63) is 5.82 Å². The number of nitrogens with zero attached hydrogens (tertiary/aromatic N) is 4. The van der Waals surface area contributed by atoms with Gasteiger partial charge in [0.15, 0.2) is 5.16 Å². The Morgan fingerprint density at radius 3 is 2.76 bits per heavy atom. The van der Waals surface area contributed by atoms with E-state index in [1.165, 1.54) is 11.8 Å². The Morgan fingerprint density at radius 1 is 1.48 bits per heavy atom. The largest absolute Gasteiger partial charge is 0.481 e. The van der Waals surface area contributed by atoms with Gasteiger partial charge in [0.25, 0.3) is 0 Å². The highest BCUT2D eigenvalue weighted by atomic mass is 32.2. The molecule has 0 bridgehead atoms. The highest BCUT2D eigenvalue weighted by Gasteiger charge is 2.29. The van der Waals surface area contributed by atoms with E-state index < -0.39 is 5.97 Å². The van der Waals surface area contributed by atoms with Crippen molar-refractivity contribution < 1.29 is 9.90 Å². The Labute approximate surface area is 129 Å². The lowest BCUT2D eigenvalue weighted by atomic mass is 9.98. The maximum Gasteiger partial charge on any atom is 0.313 e. The number of piperidine rings is 1. The number of carboxylic acid groups (broad SMARTS) is 1. The zero-order chi connectivity index (χ0) is 15.6. The van der Waals surface area contributed by atoms with Crippen molar-refractivity contribution in [2.24, 2.45) is 0 Å². The Bertz CT molecular complexity index is 503. The van der Waals surface area contributed by atoms with Crippen molar-refractivity contribution in [3.63, 3.8) is 0 Å². The predicted molar refractivity (Wildman–Crippen MR) is 82.8 cm³/mol. The second-order valence-corrected chi connectivity index (χ2v) is 7.00. The number of carbonyl (C=O) groups is 1. The number of likely N-dealkylation sites (tertiary alicyclic amines) is 1. The van der Waals surface area contributed by atoms with E-state index in [1.807, 2.05) is 0 Å². The summed E-state index contributed by atoms with van der Waals surface area (Å²) in [5.74, 6) is 0.451. The molecule has 7 heteroatoms. The van der Waals surface area contributed by atoms with E-state index >= 15 is 0 Å². The molecule has 1 N–H and O–H groups in total. The van der Waals surface area contributed by atoms with E-state index in [4.69, 9.17) is 5.11 Å². The van der Waals surface area contributed by atoms with Crippen LogP contribution >= 0.6 is 11.8 Å². The molecule has 1 fully saturated rings. The third-order valence-electron chi connectivity index (χ3n) is 4.08. The summed E-state index contributed by atoms with van der Waals surface area (Å²) in [4.78, 5) is 13.2. The van der Waals surface area contributed by atoms with Crippen LogP contribution < -0.4 is 0 Å². The van der Waals surface area contributed by atoms with Crippen LogP contribution in [0.15, 0.2) is 5.16 Å². The van der Waals surface area contributed by atoms with Crippen molar-refractivity contribution in [2.75, 3.05) is 19.3 Å². The van der Waals surface area contributed by atoms with Gasteiger partial charge in [0.05, 0.1) is 5.75 Å². The molecular formula is C14H24N4O2S. The van der Waals surface area contributed by atoms with Gasteiger partial charge in [-0.05, 0) is 26.8 Å². The van der Waals surface area contributed by atoms with E-state index in [9.17, 15) is 4.79 Å². The first-order valence-electron chi connectivity index (χ1n) is 7.39. The van der Waals surface area contributed by atoms with Crippen LogP contribution in [0.4, 0.5) is 0 Å². The monoisotopic (exact) mass is 312 g/mol. The predicted octanol–water partition coefficient (Wildman–Crippen LogP) is 2.23. The molecule has 1 saturated heterocycles. The fraction of sp³-hybridized carbons (Fsp3) is 0.786. The summed E-state index contributed by atoms with van der Waals surface area (Å²) in [6.07, 6.45) is 2.11. The van der Waals surface area contributed by atoms with Crippen LogP contribution in [0.1, 0.15) is 51.4 Å². The van der Waals surface area contributed by atoms with Crippen molar-refractivity contribution in [1.82, 2.24) is 19.7 Å². The van der Waals surface area contributed by atoms with Gasteiger partial charge < -0.3 is 14.6 Å². The maximum absolute atomic E-state index is 10.8. The first-order valence-corrected chi connectivity index (χ1v) is 8.38. The van der Waals surface area contributed by atoms with Gasteiger partial charge >= 0.3 is 5.97 Å². The molecule has 1 aliphatic rings. The number of thioether (sulfide) groups is 1. The highest BCUT2D eigenvalue weighted by molar-refractivity contribution is 7.99. The quantitative estimate of drug-likeness (QED) is 0.841. The third-order valence-corrected chi connectivity index (χ3v) is 5.01. The van der Waals surface area contributed by atoms with Crippen LogP contribution in [0.25, 0.3) is 0 Å². The van der Waals surface area contributed by atoms with Crippen LogP contribution in [0.3, 0.4) is 0 Å². The standard InChI is InChI=1S/C14H24N4O2S/c1-9(2)13-15-16-14(21-8-12(19)20)18(13)11-5-6-17(4)10(3)7-11/h9-11H,5-8H2,1-4H3,(H,19,20). The van der Waals surface area contributed by atoms with E-state index in [0.717, 1.165) is 30.4 Å². The van der Waals surface area contributed by atoms with Gasteiger partial charge in [0, 0.05) is 24.5 Å². The second-order valence-electron chi connectivity index (χ2n) is 6.06. The summed E-state index contributed by atoms with van der Waals surface area (Å²) in [7, 11) is 2.15. The molecule has 0 radical (unpaired) electrons. The Morgan fingerprint density at radius 2 is 2.19 bits per heavy atom. The highest BCUT2D eigenvalue weighted by Crippen LogP contribution is 2.33. The zero-order valence-corrected chi connectivity index (χ0v) is 13.9. The van der Waals surface area contributed by atoms with Crippen LogP contribution in [0, 0.1) is 0 Å². The molecule has 0 saturated carbocycles. The zero-order valence-electron chi connectivity index (χ0n) is 13.1. The normalized spacial score (nSPS) is 23.7. The summed E-state index contributed by atoms with van der Waals surface area (Å²) in [6.45, 7) is 7.48. The summed E-state index contributed by atoms with van der Waals surface area (Å²) in [5, 5.41) is 18.1. The Balaban J connectivity index is 2.26. The molecular weight excluding hydrogens is 288 g/mol. The smallest absolute Gasteiger partial charge is 0.313 e. The van der Waals surface area contributed by atoms with Gasteiger partial charge in [-0.25, -0.2) is 0 Å². The van der Waals surface area contributed by atoms with Crippen LogP contribution in [0.2, 0.25) is 0 Å². The molecule has 1 aromatic heterocycles. The summed E-state index contributed by atoms with van der Waals surface area (Å²) >= 11 is 1.27. The van der Waals surface area contributed by atoms with Crippen LogP contribution in [-0.2, 0) is 4.79 Å². The molecule has 118 valence electrons. The van der Waals surface area contributed by atoms with Gasteiger partial charge in [0.2, 0.25) is 0 Å². The molecule has 0 spiro atoms. The average Bonchev–Trinajstić information content (AvgIpc) is 2.83. The van der Waals surface area contributed by atoms with Crippen molar-refractivity contribution >= 4 is 17.7 Å². The fourth-order valence-electron chi connectivity index (χ4n) is 2.75. The van der Waals surface area contributed by atoms with E-state index in [0.29, 0.717) is 12.1 Å². The topological polar surface area (TPSA) is 71.2 Å². The number of hydrogen-bond donors (Lipinski definition) is 1. The molecule has 0 aromatic carbocycles. The average molecular weight is 312 g/mol. The fourth-order valence-corrected chi connectivity index (χ4v) is 3.48. The molecule has 21 heavy (non-hydrogen) atoms. The number of aliphatic carboxylic acids is 1. The van der Waals surface area contributed by atoms with Crippen molar-refractivity contribution in [1.29, 1.82) is 0 Å². The SMILES string of the molecule is CC(C)c1nnc(SCC(=O)O)n1C1CCN(C)C(C)C1. The van der Waals surface area contributed by atoms with Gasteiger partial charge in [-0.2, -0.15) is 0 Å². The Hall–Kier alpha value is -1.08.